The van der Waals surface area contributed by atoms with Crippen LogP contribution in [-0.4, -0.2) is 63.7 Å². The van der Waals surface area contributed by atoms with Crippen molar-refractivity contribution in [2.45, 2.75) is 11.3 Å². The first-order valence-electron chi connectivity index (χ1n) is 7.94. The van der Waals surface area contributed by atoms with Gasteiger partial charge in [-0.05, 0) is 37.7 Å². The van der Waals surface area contributed by atoms with Crippen molar-refractivity contribution in [3.8, 4) is 0 Å². The van der Waals surface area contributed by atoms with Crippen LogP contribution in [0.1, 0.15) is 16.8 Å². The molecule has 2 aliphatic heterocycles. The molecule has 0 unspecified atom stereocenters. The number of carboxylic acid groups (broad SMARTS) is 1. The maximum atomic E-state index is 12.7. The van der Waals surface area contributed by atoms with E-state index in [0.717, 1.165) is 0 Å². The van der Waals surface area contributed by atoms with Gasteiger partial charge in [0, 0.05) is 31.2 Å². The molecule has 0 spiro atoms. The summed E-state index contributed by atoms with van der Waals surface area (Å²) >= 11 is 0. The van der Waals surface area contributed by atoms with Gasteiger partial charge in [0.15, 0.2) is 0 Å². The molecule has 0 saturated carbocycles. The Morgan fingerprint density at radius 2 is 2.00 bits per heavy atom. The topological polar surface area (TPSA) is 113 Å². The van der Waals surface area contributed by atoms with E-state index in [1.807, 2.05) is 0 Å². The number of carbonyl (C=O) groups excluding carboxylic acids is 1. The number of carbonyl (C=O) groups is 2. The highest BCUT2D eigenvalue weighted by Gasteiger charge is 2.54. The van der Waals surface area contributed by atoms with Crippen molar-refractivity contribution in [1.29, 1.82) is 0 Å². The van der Waals surface area contributed by atoms with E-state index in [0.29, 0.717) is 31.7 Å². The molecule has 0 aliphatic carbocycles. The molecule has 2 N–H and O–H groups in total. The quantitative estimate of drug-likeness (QED) is 0.783. The summed E-state index contributed by atoms with van der Waals surface area (Å²) in [7, 11) is -2.25. The normalized spacial score (nSPS) is 26.3. The summed E-state index contributed by atoms with van der Waals surface area (Å²) in [5, 5.41) is 9.66. The fraction of sp³-hybridized carbons (Fsp3) is 0.500. The van der Waals surface area contributed by atoms with Gasteiger partial charge in [-0.1, -0.05) is 0 Å². The first-order valence-corrected chi connectivity index (χ1v) is 9.42. The van der Waals surface area contributed by atoms with E-state index in [-0.39, 0.29) is 23.3 Å². The molecule has 2 atom stereocenters. The van der Waals surface area contributed by atoms with Gasteiger partial charge in [0.25, 0.3) is 5.91 Å². The first-order chi connectivity index (χ1) is 11.8. The van der Waals surface area contributed by atoms with Gasteiger partial charge in [0.05, 0.1) is 16.9 Å². The zero-order valence-corrected chi connectivity index (χ0v) is 14.6. The summed E-state index contributed by atoms with van der Waals surface area (Å²) in [5.74, 6) is -1.43. The molecule has 3 rings (SSSR count). The largest absolute Gasteiger partial charge is 0.481 e. The lowest BCUT2D eigenvalue weighted by molar-refractivity contribution is -0.157. The third-order valence-corrected chi connectivity index (χ3v) is 6.53. The number of aliphatic carboxylic acids is 1. The Labute approximate surface area is 145 Å². The number of ether oxygens (including phenoxy) is 1. The first kappa shape index (κ1) is 17.8. The Bertz CT molecular complexity index is 791. The van der Waals surface area contributed by atoms with Gasteiger partial charge in [-0.2, -0.15) is 0 Å². The van der Waals surface area contributed by atoms with E-state index in [9.17, 15) is 23.1 Å². The lowest BCUT2D eigenvalue weighted by Gasteiger charge is -2.33. The van der Waals surface area contributed by atoms with Gasteiger partial charge in [0.2, 0.25) is 10.0 Å². The molecule has 1 amide bonds. The van der Waals surface area contributed by atoms with Crippen LogP contribution in [0.2, 0.25) is 0 Å². The van der Waals surface area contributed by atoms with E-state index in [2.05, 4.69) is 4.72 Å². The molecule has 0 aromatic heterocycles. The molecule has 2 aliphatic rings. The van der Waals surface area contributed by atoms with Crippen LogP contribution in [0, 0.1) is 11.3 Å². The van der Waals surface area contributed by atoms with Crippen LogP contribution in [0.4, 0.5) is 0 Å². The number of nitrogens with one attached hydrogen (secondary N) is 1. The maximum absolute atomic E-state index is 12.7. The minimum atomic E-state index is -3.57. The number of carboxylic acids is 1. The average molecular weight is 368 g/mol. The molecule has 1 aromatic rings. The van der Waals surface area contributed by atoms with Crippen LogP contribution < -0.4 is 4.72 Å². The van der Waals surface area contributed by atoms with E-state index in [4.69, 9.17) is 4.74 Å². The van der Waals surface area contributed by atoms with Crippen molar-refractivity contribution in [3.63, 3.8) is 0 Å². The van der Waals surface area contributed by atoms with Gasteiger partial charge >= 0.3 is 5.97 Å². The predicted molar refractivity (Wildman–Crippen MR) is 87.6 cm³/mol. The highest BCUT2D eigenvalue weighted by molar-refractivity contribution is 7.89. The Hall–Kier alpha value is -1.97. The molecule has 8 nitrogen and oxygen atoms in total. The lowest BCUT2D eigenvalue weighted by atomic mass is 9.74. The van der Waals surface area contributed by atoms with Crippen molar-refractivity contribution in [1.82, 2.24) is 9.62 Å². The molecule has 2 saturated heterocycles. The number of hydrogen-bond donors (Lipinski definition) is 2. The number of sulfonamides is 1. The van der Waals surface area contributed by atoms with Gasteiger partial charge in [-0.25, -0.2) is 13.1 Å². The number of hydrogen-bond acceptors (Lipinski definition) is 5. The Morgan fingerprint density at radius 3 is 2.56 bits per heavy atom. The molecule has 1 aromatic carbocycles. The monoisotopic (exact) mass is 368 g/mol. The van der Waals surface area contributed by atoms with Crippen LogP contribution in [0.3, 0.4) is 0 Å². The minimum Gasteiger partial charge on any atom is -0.481 e. The standard InChI is InChI=1S/C16H20N2O6S/c1-17-25(22,23)13-4-2-11(3-5-13)14(19)18-8-12-9-24-7-6-16(12,10-18)15(20)21/h2-5,12,17H,6-10H2,1H3,(H,20,21)/t12-,16+/m0/s1. The van der Waals surface area contributed by atoms with Crippen molar-refractivity contribution in [3.05, 3.63) is 29.8 Å². The fourth-order valence-electron chi connectivity index (χ4n) is 3.53. The van der Waals surface area contributed by atoms with Crippen LogP contribution in [-0.2, 0) is 19.6 Å². The van der Waals surface area contributed by atoms with Crippen LogP contribution in [0.15, 0.2) is 29.2 Å². The molecular formula is C16H20N2O6S. The van der Waals surface area contributed by atoms with Crippen molar-refractivity contribution >= 4 is 21.9 Å². The summed E-state index contributed by atoms with van der Waals surface area (Å²) in [6.07, 6.45) is 0.385. The van der Waals surface area contributed by atoms with Crippen LogP contribution >= 0.6 is 0 Å². The van der Waals surface area contributed by atoms with Crippen molar-refractivity contribution in [2.75, 3.05) is 33.4 Å². The van der Waals surface area contributed by atoms with Gasteiger partial charge < -0.3 is 14.7 Å². The molecule has 9 heteroatoms. The third-order valence-electron chi connectivity index (χ3n) is 5.10. The Balaban J connectivity index is 1.81. The zero-order valence-electron chi connectivity index (χ0n) is 13.8. The highest BCUT2D eigenvalue weighted by Crippen LogP contribution is 2.42. The number of rotatable bonds is 4. The molecule has 2 fully saturated rings. The minimum absolute atomic E-state index is 0.0667. The molecule has 2 heterocycles. The highest BCUT2D eigenvalue weighted by atomic mass is 32.2. The van der Waals surface area contributed by atoms with Gasteiger partial charge in [-0.3, -0.25) is 9.59 Å². The molecular weight excluding hydrogens is 348 g/mol. The number of amides is 1. The molecule has 25 heavy (non-hydrogen) atoms. The second-order valence-corrected chi connectivity index (χ2v) is 8.29. The van der Waals surface area contributed by atoms with Crippen molar-refractivity contribution in [2.24, 2.45) is 11.3 Å². The van der Waals surface area contributed by atoms with E-state index < -0.39 is 21.4 Å². The van der Waals surface area contributed by atoms with Gasteiger partial charge in [-0.15, -0.1) is 0 Å². The Morgan fingerprint density at radius 1 is 1.32 bits per heavy atom. The second-order valence-electron chi connectivity index (χ2n) is 6.40. The predicted octanol–water partition coefficient (Wildman–Crippen LogP) is 0.158. The summed E-state index contributed by atoms with van der Waals surface area (Å²) in [6, 6.07) is 5.60. The second kappa shape index (κ2) is 6.40. The average Bonchev–Trinajstić information content (AvgIpc) is 3.02. The molecule has 136 valence electrons. The lowest BCUT2D eigenvalue weighted by Crippen LogP contribution is -2.45. The Kier molecular flexibility index (Phi) is 4.56. The summed E-state index contributed by atoms with van der Waals surface area (Å²) in [5.41, 5.74) is -0.626. The third kappa shape index (κ3) is 3.03. The summed E-state index contributed by atoms with van der Waals surface area (Å²) in [6.45, 7) is 1.17. The summed E-state index contributed by atoms with van der Waals surface area (Å²) in [4.78, 5) is 26.1. The zero-order chi connectivity index (χ0) is 18.2. The maximum Gasteiger partial charge on any atom is 0.311 e. The number of nitrogens with zero attached hydrogens (tertiary/aromatic N) is 1. The fourth-order valence-corrected chi connectivity index (χ4v) is 4.26. The molecule has 0 bridgehead atoms. The number of benzene rings is 1. The van der Waals surface area contributed by atoms with E-state index in [1.165, 1.54) is 36.2 Å². The van der Waals surface area contributed by atoms with Crippen LogP contribution in [0.25, 0.3) is 0 Å². The van der Waals surface area contributed by atoms with Crippen molar-refractivity contribution < 1.29 is 27.9 Å². The van der Waals surface area contributed by atoms with E-state index >= 15 is 0 Å². The SMILES string of the molecule is CNS(=O)(=O)c1ccc(C(=O)N2C[C@H]3COCC[C@@]3(C(=O)O)C2)cc1. The summed E-state index contributed by atoms with van der Waals surface area (Å²) < 4.78 is 31.1. The van der Waals surface area contributed by atoms with Crippen LogP contribution in [0.5, 0.6) is 0 Å². The smallest absolute Gasteiger partial charge is 0.311 e. The molecule has 0 radical (unpaired) electrons. The number of likely N-dealkylation sites (tertiary alicyclic amines) is 1. The number of fused-ring (bicyclic) bond motifs is 1. The van der Waals surface area contributed by atoms with E-state index in [1.54, 1.807) is 0 Å². The van der Waals surface area contributed by atoms with Gasteiger partial charge in [0.1, 0.15) is 0 Å².